The van der Waals surface area contributed by atoms with Gasteiger partial charge >= 0.3 is 5.63 Å². The Morgan fingerprint density at radius 1 is 1.42 bits per heavy atom. The van der Waals surface area contributed by atoms with E-state index in [2.05, 4.69) is 5.10 Å². The fourth-order valence-electron chi connectivity index (χ4n) is 2.62. The highest BCUT2D eigenvalue weighted by Gasteiger charge is 2.28. The van der Waals surface area contributed by atoms with Gasteiger partial charge in [-0.25, -0.2) is 9.48 Å². The first-order valence-corrected chi connectivity index (χ1v) is 7.59. The number of amides is 1. The lowest BCUT2D eigenvalue weighted by atomic mass is 10.3. The topological polar surface area (TPSA) is 94.6 Å². The first-order chi connectivity index (χ1) is 11.5. The lowest BCUT2D eigenvalue weighted by Crippen LogP contribution is -2.36. The standard InChI is InChI=1S/C16H17N3O5/c1-11-7-13(8-16(22)23-11)24-12-4-6-18(9-12)15(21)10-19-14(20)3-2-5-17-19/h2-3,5,7-8,12H,4,6,9-10H2,1H3. The number of nitrogens with zero attached hydrogens (tertiary/aromatic N) is 3. The summed E-state index contributed by atoms with van der Waals surface area (Å²) in [6, 6.07) is 5.81. The van der Waals surface area contributed by atoms with Crippen LogP contribution in [0.1, 0.15) is 12.2 Å². The fraction of sp³-hybridized carbons (Fsp3) is 0.375. The van der Waals surface area contributed by atoms with Gasteiger partial charge in [0.05, 0.1) is 12.6 Å². The molecule has 1 aliphatic rings. The molecule has 0 radical (unpaired) electrons. The minimum absolute atomic E-state index is 0.0968. The highest BCUT2D eigenvalue weighted by Crippen LogP contribution is 2.18. The Labute approximate surface area is 137 Å². The molecule has 1 unspecified atom stereocenters. The van der Waals surface area contributed by atoms with Crippen molar-refractivity contribution >= 4 is 5.91 Å². The molecule has 3 heterocycles. The molecule has 1 aliphatic heterocycles. The Balaban J connectivity index is 1.60. The lowest BCUT2D eigenvalue weighted by Gasteiger charge is -2.17. The van der Waals surface area contributed by atoms with Gasteiger partial charge in [-0.15, -0.1) is 0 Å². The summed E-state index contributed by atoms with van der Waals surface area (Å²) in [4.78, 5) is 36.9. The van der Waals surface area contributed by atoms with E-state index in [4.69, 9.17) is 9.15 Å². The summed E-state index contributed by atoms with van der Waals surface area (Å²) in [7, 11) is 0. The molecule has 126 valence electrons. The summed E-state index contributed by atoms with van der Waals surface area (Å²) in [5.41, 5.74) is -0.783. The molecule has 0 saturated carbocycles. The third kappa shape index (κ3) is 3.70. The summed E-state index contributed by atoms with van der Waals surface area (Å²) >= 11 is 0. The van der Waals surface area contributed by atoms with Crippen molar-refractivity contribution in [3.05, 3.63) is 57.0 Å². The molecule has 8 nitrogen and oxygen atoms in total. The second kappa shape index (κ2) is 6.69. The molecule has 1 fully saturated rings. The van der Waals surface area contributed by atoms with Crippen molar-refractivity contribution in [2.24, 2.45) is 0 Å². The van der Waals surface area contributed by atoms with Crippen molar-refractivity contribution in [1.29, 1.82) is 0 Å². The number of aryl methyl sites for hydroxylation is 1. The van der Waals surface area contributed by atoms with E-state index in [0.29, 0.717) is 31.0 Å². The van der Waals surface area contributed by atoms with E-state index in [1.165, 1.54) is 24.4 Å². The van der Waals surface area contributed by atoms with Gasteiger partial charge in [-0.2, -0.15) is 5.10 Å². The summed E-state index contributed by atoms with van der Waals surface area (Å²) in [5, 5.41) is 3.88. The first kappa shape index (κ1) is 16.0. The number of likely N-dealkylation sites (tertiary alicyclic amines) is 1. The maximum absolute atomic E-state index is 12.3. The van der Waals surface area contributed by atoms with E-state index in [-0.39, 0.29) is 24.1 Å². The highest BCUT2D eigenvalue weighted by molar-refractivity contribution is 5.76. The van der Waals surface area contributed by atoms with E-state index in [1.807, 2.05) is 0 Å². The van der Waals surface area contributed by atoms with Crippen LogP contribution >= 0.6 is 0 Å². The van der Waals surface area contributed by atoms with Crippen molar-refractivity contribution in [3.8, 4) is 5.75 Å². The number of ether oxygens (including phenoxy) is 1. The van der Waals surface area contributed by atoms with Crippen molar-refractivity contribution < 1.29 is 13.9 Å². The molecular formula is C16H17N3O5. The van der Waals surface area contributed by atoms with Crippen molar-refractivity contribution in [2.75, 3.05) is 13.1 Å². The Hall–Kier alpha value is -2.90. The van der Waals surface area contributed by atoms with Crippen LogP contribution in [0.3, 0.4) is 0 Å². The van der Waals surface area contributed by atoms with Crippen LogP contribution in [-0.2, 0) is 11.3 Å². The Bertz CT molecular complexity index is 857. The molecule has 0 aliphatic carbocycles. The predicted octanol–water partition coefficient (Wildman–Crippen LogP) is 0.185. The van der Waals surface area contributed by atoms with Gasteiger partial charge in [0.1, 0.15) is 24.2 Å². The molecule has 2 aromatic heterocycles. The molecule has 8 heteroatoms. The van der Waals surface area contributed by atoms with Crippen LogP contribution in [0, 0.1) is 6.92 Å². The van der Waals surface area contributed by atoms with Gasteiger partial charge in [0.15, 0.2) is 0 Å². The van der Waals surface area contributed by atoms with Gasteiger partial charge in [0, 0.05) is 31.3 Å². The van der Waals surface area contributed by atoms with E-state index in [0.717, 1.165) is 4.68 Å². The van der Waals surface area contributed by atoms with Gasteiger partial charge < -0.3 is 14.1 Å². The van der Waals surface area contributed by atoms with E-state index in [9.17, 15) is 14.4 Å². The minimum atomic E-state index is -0.467. The minimum Gasteiger partial charge on any atom is -0.488 e. The van der Waals surface area contributed by atoms with Gasteiger partial charge in [0.25, 0.3) is 5.56 Å². The summed E-state index contributed by atoms with van der Waals surface area (Å²) in [5.74, 6) is 0.715. The Morgan fingerprint density at radius 2 is 2.25 bits per heavy atom. The number of rotatable bonds is 4. The average Bonchev–Trinajstić information content (AvgIpc) is 2.97. The van der Waals surface area contributed by atoms with Crippen molar-refractivity contribution in [2.45, 2.75) is 26.0 Å². The molecule has 0 aromatic carbocycles. The van der Waals surface area contributed by atoms with Gasteiger partial charge in [-0.3, -0.25) is 9.59 Å². The van der Waals surface area contributed by atoms with Crippen molar-refractivity contribution in [3.63, 3.8) is 0 Å². The third-order valence-electron chi connectivity index (χ3n) is 3.74. The quantitative estimate of drug-likeness (QED) is 0.793. The van der Waals surface area contributed by atoms with Crippen LogP contribution in [0.2, 0.25) is 0 Å². The zero-order chi connectivity index (χ0) is 17.1. The molecular weight excluding hydrogens is 314 g/mol. The normalized spacial score (nSPS) is 17.0. The number of aromatic nitrogens is 2. The van der Waals surface area contributed by atoms with Gasteiger partial charge in [-0.1, -0.05) is 0 Å². The number of hydrogen-bond donors (Lipinski definition) is 0. The summed E-state index contributed by atoms with van der Waals surface area (Å²) in [6.07, 6.45) is 1.92. The highest BCUT2D eigenvalue weighted by atomic mass is 16.5. The van der Waals surface area contributed by atoms with Crippen LogP contribution in [0.5, 0.6) is 5.75 Å². The molecule has 1 amide bonds. The zero-order valence-electron chi connectivity index (χ0n) is 13.2. The fourth-order valence-corrected chi connectivity index (χ4v) is 2.62. The third-order valence-corrected chi connectivity index (χ3v) is 3.74. The monoisotopic (exact) mass is 331 g/mol. The van der Waals surface area contributed by atoms with Crippen LogP contribution in [0.15, 0.2) is 44.5 Å². The van der Waals surface area contributed by atoms with Gasteiger partial charge in [0.2, 0.25) is 5.91 Å². The number of carbonyl (C=O) groups excluding carboxylic acids is 1. The first-order valence-electron chi connectivity index (χ1n) is 7.59. The molecule has 1 atom stereocenters. The van der Waals surface area contributed by atoms with Crippen LogP contribution in [-0.4, -0.2) is 39.8 Å². The average molecular weight is 331 g/mol. The largest absolute Gasteiger partial charge is 0.488 e. The van der Waals surface area contributed by atoms with Crippen LogP contribution < -0.4 is 15.9 Å². The van der Waals surface area contributed by atoms with Crippen LogP contribution in [0.25, 0.3) is 0 Å². The Morgan fingerprint density at radius 3 is 3.00 bits per heavy atom. The SMILES string of the molecule is Cc1cc(OC2CCN(C(=O)Cn3ncccc3=O)C2)cc(=O)o1. The van der Waals surface area contributed by atoms with E-state index in [1.54, 1.807) is 17.9 Å². The second-order valence-corrected chi connectivity index (χ2v) is 5.61. The summed E-state index contributed by atoms with van der Waals surface area (Å²) < 4.78 is 11.8. The molecule has 24 heavy (non-hydrogen) atoms. The number of carbonyl (C=O) groups is 1. The lowest BCUT2D eigenvalue weighted by molar-refractivity contribution is -0.131. The van der Waals surface area contributed by atoms with Crippen LogP contribution in [0.4, 0.5) is 0 Å². The Kier molecular flexibility index (Phi) is 4.45. The van der Waals surface area contributed by atoms with E-state index >= 15 is 0 Å². The zero-order valence-corrected chi connectivity index (χ0v) is 13.2. The molecule has 0 N–H and O–H groups in total. The molecule has 3 rings (SSSR count). The molecule has 1 saturated heterocycles. The van der Waals surface area contributed by atoms with Crippen molar-refractivity contribution in [1.82, 2.24) is 14.7 Å². The number of hydrogen-bond acceptors (Lipinski definition) is 6. The summed E-state index contributed by atoms with van der Waals surface area (Å²) in [6.45, 7) is 2.51. The second-order valence-electron chi connectivity index (χ2n) is 5.61. The van der Waals surface area contributed by atoms with E-state index < -0.39 is 5.63 Å². The predicted molar refractivity (Wildman–Crippen MR) is 83.8 cm³/mol. The maximum Gasteiger partial charge on any atom is 0.339 e. The molecule has 0 bridgehead atoms. The maximum atomic E-state index is 12.3. The molecule has 0 spiro atoms. The molecule has 2 aromatic rings. The smallest absolute Gasteiger partial charge is 0.339 e. The van der Waals surface area contributed by atoms with Gasteiger partial charge in [-0.05, 0) is 13.0 Å².